The molecule has 4 nitrogen and oxygen atoms in total. The van der Waals surface area contributed by atoms with Crippen molar-refractivity contribution in [3.63, 3.8) is 0 Å². The highest BCUT2D eigenvalue weighted by Crippen LogP contribution is 2.31. The summed E-state index contributed by atoms with van der Waals surface area (Å²) < 4.78 is 0. The van der Waals surface area contributed by atoms with Crippen LogP contribution in [-0.2, 0) is 0 Å². The SMILES string of the molecule is CCCC(NC)/C(=C\NC1CC(CC)C1)C1=C2NCC=CC2=CCN1. The number of rotatable bonds is 8. The predicted molar refractivity (Wildman–Crippen MR) is 106 cm³/mol. The molecule has 25 heavy (non-hydrogen) atoms. The summed E-state index contributed by atoms with van der Waals surface area (Å²) in [6.07, 6.45) is 15.2. The van der Waals surface area contributed by atoms with Gasteiger partial charge in [0.05, 0.1) is 11.4 Å². The molecule has 0 bridgehead atoms. The standard InChI is InChI=1S/C21H34N4/c1-4-7-19(22-3)18(14-25-17-12-15(5-2)13-17)21-20-16(9-11-24-21)8-6-10-23-20/h6,8-9,14-15,17,19,22-25H,4-5,7,10-13H2,1-3H3/b18-14+. The largest absolute Gasteiger partial charge is 0.388 e. The van der Waals surface area contributed by atoms with Gasteiger partial charge in [-0.05, 0) is 37.8 Å². The maximum absolute atomic E-state index is 3.71. The Bertz CT molecular complexity index is 579. The Balaban J connectivity index is 1.84. The monoisotopic (exact) mass is 342 g/mol. The van der Waals surface area contributed by atoms with Crippen LogP contribution in [-0.4, -0.2) is 32.2 Å². The maximum atomic E-state index is 3.71. The Hall–Kier alpha value is -1.68. The lowest BCUT2D eigenvalue weighted by atomic mass is 9.79. The summed E-state index contributed by atoms with van der Waals surface area (Å²) in [6, 6.07) is 1.00. The quantitative estimate of drug-likeness (QED) is 0.548. The summed E-state index contributed by atoms with van der Waals surface area (Å²) >= 11 is 0. The highest BCUT2D eigenvalue weighted by molar-refractivity contribution is 5.53. The molecule has 0 radical (unpaired) electrons. The van der Waals surface area contributed by atoms with E-state index in [2.05, 4.69) is 66.6 Å². The molecular weight excluding hydrogens is 308 g/mol. The summed E-state index contributed by atoms with van der Waals surface area (Å²) in [5.74, 6) is 0.916. The summed E-state index contributed by atoms with van der Waals surface area (Å²) in [5.41, 5.74) is 5.17. The van der Waals surface area contributed by atoms with Gasteiger partial charge >= 0.3 is 0 Å². The van der Waals surface area contributed by atoms with Crippen molar-refractivity contribution in [2.45, 2.75) is 58.0 Å². The fourth-order valence-corrected chi connectivity index (χ4v) is 4.04. The lowest BCUT2D eigenvalue weighted by molar-refractivity contribution is 0.233. The van der Waals surface area contributed by atoms with Crippen molar-refractivity contribution in [3.8, 4) is 0 Å². The van der Waals surface area contributed by atoms with E-state index >= 15 is 0 Å². The van der Waals surface area contributed by atoms with Crippen molar-refractivity contribution in [2.75, 3.05) is 20.1 Å². The summed E-state index contributed by atoms with van der Waals surface area (Å²) in [5, 5.41) is 14.4. The zero-order valence-electron chi connectivity index (χ0n) is 16.0. The summed E-state index contributed by atoms with van der Waals surface area (Å²) in [6.45, 7) is 6.35. The molecule has 138 valence electrons. The van der Waals surface area contributed by atoms with Gasteiger partial charge in [-0.3, -0.25) is 0 Å². The first-order valence-electron chi connectivity index (χ1n) is 9.99. The summed E-state index contributed by atoms with van der Waals surface area (Å²) in [7, 11) is 2.07. The molecule has 0 spiro atoms. The highest BCUT2D eigenvalue weighted by Gasteiger charge is 2.28. The van der Waals surface area contributed by atoms with Crippen LogP contribution in [0.3, 0.4) is 0 Å². The molecular formula is C21H34N4. The number of likely N-dealkylation sites (N-methyl/N-ethyl adjacent to an activating group) is 1. The van der Waals surface area contributed by atoms with Crippen molar-refractivity contribution < 1.29 is 0 Å². The summed E-state index contributed by atoms with van der Waals surface area (Å²) in [4.78, 5) is 0. The fourth-order valence-electron chi connectivity index (χ4n) is 4.04. The first-order valence-corrected chi connectivity index (χ1v) is 9.99. The third kappa shape index (κ3) is 4.12. The lowest BCUT2D eigenvalue weighted by Crippen LogP contribution is -2.41. The molecule has 0 aromatic rings. The molecule has 1 atom stereocenters. The zero-order valence-corrected chi connectivity index (χ0v) is 16.0. The van der Waals surface area contributed by atoms with E-state index in [0.717, 1.165) is 25.4 Å². The van der Waals surface area contributed by atoms with E-state index < -0.39 is 0 Å². The maximum Gasteiger partial charge on any atom is 0.0653 e. The van der Waals surface area contributed by atoms with Crippen molar-refractivity contribution in [1.82, 2.24) is 21.3 Å². The van der Waals surface area contributed by atoms with E-state index in [1.54, 1.807) is 0 Å². The average molecular weight is 343 g/mol. The number of hydrogen-bond acceptors (Lipinski definition) is 4. The zero-order chi connectivity index (χ0) is 17.6. The van der Waals surface area contributed by atoms with E-state index in [0.29, 0.717) is 12.1 Å². The minimum atomic E-state index is 0.363. The predicted octanol–water partition coefficient (Wildman–Crippen LogP) is 2.94. The van der Waals surface area contributed by atoms with Crippen LogP contribution in [0.25, 0.3) is 0 Å². The van der Waals surface area contributed by atoms with E-state index in [1.807, 2.05) is 0 Å². The van der Waals surface area contributed by atoms with E-state index in [9.17, 15) is 0 Å². The molecule has 3 aliphatic rings. The third-order valence-corrected chi connectivity index (χ3v) is 5.71. The minimum absolute atomic E-state index is 0.363. The van der Waals surface area contributed by atoms with Gasteiger partial charge in [-0.15, -0.1) is 0 Å². The molecule has 0 aromatic heterocycles. The molecule has 1 unspecified atom stereocenters. The molecule has 4 N–H and O–H groups in total. The topological polar surface area (TPSA) is 48.1 Å². The smallest absolute Gasteiger partial charge is 0.0653 e. The molecule has 1 fully saturated rings. The molecule has 2 aliphatic heterocycles. The molecule has 0 amide bonds. The van der Waals surface area contributed by atoms with Gasteiger partial charge in [0.15, 0.2) is 0 Å². The van der Waals surface area contributed by atoms with Crippen LogP contribution in [0.15, 0.2) is 47.0 Å². The van der Waals surface area contributed by atoms with Gasteiger partial charge in [-0.2, -0.15) is 0 Å². The second-order valence-electron chi connectivity index (χ2n) is 7.41. The van der Waals surface area contributed by atoms with Crippen LogP contribution >= 0.6 is 0 Å². The molecule has 0 saturated heterocycles. The number of hydrogen-bond donors (Lipinski definition) is 4. The van der Waals surface area contributed by atoms with Crippen LogP contribution in [0.1, 0.15) is 46.0 Å². The van der Waals surface area contributed by atoms with Crippen molar-refractivity contribution in [3.05, 3.63) is 47.0 Å². The van der Waals surface area contributed by atoms with Gasteiger partial charge in [0.1, 0.15) is 0 Å². The molecule has 2 heterocycles. The number of dihydropyridines is 1. The lowest BCUT2D eigenvalue weighted by Gasteiger charge is -2.36. The van der Waals surface area contributed by atoms with Gasteiger partial charge in [0.2, 0.25) is 0 Å². The second-order valence-corrected chi connectivity index (χ2v) is 7.41. The first kappa shape index (κ1) is 18.1. The van der Waals surface area contributed by atoms with Crippen LogP contribution < -0.4 is 21.3 Å². The Morgan fingerprint density at radius 1 is 1.28 bits per heavy atom. The van der Waals surface area contributed by atoms with Crippen LogP contribution in [0.2, 0.25) is 0 Å². The van der Waals surface area contributed by atoms with Crippen molar-refractivity contribution >= 4 is 0 Å². The first-order chi connectivity index (χ1) is 12.3. The van der Waals surface area contributed by atoms with Crippen LogP contribution in [0.5, 0.6) is 0 Å². The Morgan fingerprint density at radius 3 is 2.84 bits per heavy atom. The Kier molecular flexibility index (Phi) is 6.24. The molecule has 1 aliphatic carbocycles. The van der Waals surface area contributed by atoms with Gasteiger partial charge < -0.3 is 21.3 Å². The molecule has 1 saturated carbocycles. The normalized spacial score (nSPS) is 26.8. The third-order valence-electron chi connectivity index (χ3n) is 5.71. The van der Waals surface area contributed by atoms with E-state index in [-0.39, 0.29) is 0 Å². The van der Waals surface area contributed by atoms with Gasteiger partial charge in [0, 0.05) is 36.9 Å². The van der Waals surface area contributed by atoms with E-state index in [1.165, 1.54) is 48.2 Å². The second kappa shape index (κ2) is 8.61. The number of nitrogens with one attached hydrogen (secondary N) is 4. The minimum Gasteiger partial charge on any atom is -0.388 e. The number of fused-ring (bicyclic) bond motifs is 1. The molecule has 4 heteroatoms. The molecule has 0 aromatic carbocycles. The fraction of sp³-hybridized carbons (Fsp3) is 0.619. The van der Waals surface area contributed by atoms with Crippen molar-refractivity contribution in [2.24, 2.45) is 5.92 Å². The van der Waals surface area contributed by atoms with Gasteiger partial charge in [0.25, 0.3) is 0 Å². The van der Waals surface area contributed by atoms with E-state index in [4.69, 9.17) is 0 Å². The number of allylic oxidation sites excluding steroid dienone is 1. The Morgan fingerprint density at radius 2 is 2.12 bits per heavy atom. The Labute approximate surface area is 152 Å². The highest BCUT2D eigenvalue weighted by atomic mass is 15.0. The van der Waals surface area contributed by atoms with Gasteiger partial charge in [-0.25, -0.2) is 0 Å². The van der Waals surface area contributed by atoms with Crippen LogP contribution in [0, 0.1) is 5.92 Å². The molecule has 3 rings (SSSR count). The van der Waals surface area contributed by atoms with Crippen LogP contribution in [0.4, 0.5) is 0 Å². The van der Waals surface area contributed by atoms with Gasteiger partial charge in [-0.1, -0.05) is 44.9 Å². The average Bonchev–Trinajstić information content (AvgIpc) is 2.62. The van der Waals surface area contributed by atoms with Crippen molar-refractivity contribution in [1.29, 1.82) is 0 Å².